The molecule has 1 fully saturated rings. The maximum absolute atomic E-state index is 3.83. The molecule has 1 saturated carbocycles. The Bertz CT molecular complexity index is 368. The van der Waals surface area contributed by atoms with Crippen LogP contribution in [0.25, 0.3) is 0 Å². The van der Waals surface area contributed by atoms with Gasteiger partial charge in [0.1, 0.15) is 0 Å². The molecule has 2 rings (SSSR count). The van der Waals surface area contributed by atoms with Gasteiger partial charge in [0.25, 0.3) is 0 Å². The molecule has 0 aliphatic heterocycles. The molecule has 3 atom stereocenters. The molecule has 1 aliphatic carbocycles. The molecule has 1 aliphatic rings. The van der Waals surface area contributed by atoms with Crippen LogP contribution in [0.1, 0.15) is 70.0 Å². The number of rotatable bonds is 4. The molecular weight excluding hydrogens is 230 g/mol. The highest BCUT2D eigenvalue weighted by Gasteiger charge is 2.18. The predicted octanol–water partition coefficient (Wildman–Crippen LogP) is 4.87. The first kappa shape index (κ1) is 14.6. The van der Waals surface area contributed by atoms with Crippen LogP contribution >= 0.6 is 0 Å². The van der Waals surface area contributed by atoms with Crippen LogP contribution in [0.15, 0.2) is 24.3 Å². The summed E-state index contributed by atoms with van der Waals surface area (Å²) in [5.74, 6) is 0.922. The Labute approximate surface area is 118 Å². The highest BCUT2D eigenvalue weighted by molar-refractivity contribution is 5.24. The van der Waals surface area contributed by atoms with Crippen LogP contribution < -0.4 is 5.32 Å². The van der Waals surface area contributed by atoms with E-state index in [1.165, 1.54) is 43.2 Å². The van der Waals surface area contributed by atoms with Crippen LogP contribution in [0.3, 0.4) is 0 Å². The topological polar surface area (TPSA) is 12.0 Å². The summed E-state index contributed by atoms with van der Waals surface area (Å²) in [6.45, 7) is 6.91. The summed E-state index contributed by atoms with van der Waals surface area (Å²) in [6.07, 6.45) is 8.01. The fraction of sp³-hybridized carbons (Fsp3) is 0.667. The fourth-order valence-corrected chi connectivity index (χ4v) is 3.15. The van der Waals surface area contributed by atoms with Crippen molar-refractivity contribution in [1.82, 2.24) is 5.32 Å². The maximum atomic E-state index is 3.83. The highest BCUT2D eigenvalue weighted by atomic mass is 14.9. The van der Waals surface area contributed by atoms with Gasteiger partial charge >= 0.3 is 0 Å². The van der Waals surface area contributed by atoms with Crippen LogP contribution in [0.4, 0.5) is 0 Å². The molecule has 1 aromatic rings. The lowest BCUT2D eigenvalue weighted by atomic mass is 10.0. The Hall–Kier alpha value is -0.820. The normalized spacial score (nSPS) is 25.8. The summed E-state index contributed by atoms with van der Waals surface area (Å²) in [7, 11) is 0. The molecule has 0 saturated heterocycles. The van der Waals surface area contributed by atoms with Crippen molar-refractivity contribution in [2.75, 3.05) is 0 Å². The van der Waals surface area contributed by atoms with Gasteiger partial charge in [-0.1, -0.05) is 51.0 Å². The number of aryl methyl sites for hydroxylation is 1. The van der Waals surface area contributed by atoms with Gasteiger partial charge in [0, 0.05) is 12.1 Å². The summed E-state index contributed by atoms with van der Waals surface area (Å²) < 4.78 is 0. The third-order valence-electron chi connectivity index (χ3n) is 4.63. The van der Waals surface area contributed by atoms with Crippen molar-refractivity contribution >= 4 is 0 Å². The van der Waals surface area contributed by atoms with E-state index in [-0.39, 0.29) is 0 Å². The van der Waals surface area contributed by atoms with Crippen molar-refractivity contribution < 1.29 is 0 Å². The van der Waals surface area contributed by atoms with Crippen molar-refractivity contribution in [3.63, 3.8) is 0 Å². The van der Waals surface area contributed by atoms with Gasteiger partial charge in [-0.15, -0.1) is 0 Å². The van der Waals surface area contributed by atoms with Crippen LogP contribution in [0.5, 0.6) is 0 Å². The molecule has 0 aromatic heterocycles. The molecule has 19 heavy (non-hydrogen) atoms. The minimum atomic E-state index is 0.476. The minimum Gasteiger partial charge on any atom is -0.307 e. The Kier molecular flexibility index (Phi) is 5.45. The summed E-state index contributed by atoms with van der Waals surface area (Å²) in [5.41, 5.74) is 2.86. The van der Waals surface area contributed by atoms with Crippen molar-refractivity contribution in [3.8, 4) is 0 Å². The predicted molar refractivity (Wildman–Crippen MR) is 83.4 cm³/mol. The molecule has 1 nitrogen and oxygen atoms in total. The maximum Gasteiger partial charge on any atom is 0.0294 e. The van der Waals surface area contributed by atoms with Gasteiger partial charge < -0.3 is 5.32 Å². The van der Waals surface area contributed by atoms with E-state index >= 15 is 0 Å². The first-order valence-electron chi connectivity index (χ1n) is 8.04. The van der Waals surface area contributed by atoms with Crippen LogP contribution in [0, 0.1) is 5.92 Å². The van der Waals surface area contributed by atoms with Gasteiger partial charge in [0.15, 0.2) is 0 Å². The van der Waals surface area contributed by atoms with E-state index in [0.717, 1.165) is 12.3 Å². The van der Waals surface area contributed by atoms with Crippen molar-refractivity contribution in [2.24, 2.45) is 5.92 Å². The van der Waals surface area contributed by atoms with E-state index < -0.39 is 0 Å². The number of hydrogen-bond donors (Lipinski definition) is 1. The van der Waals surface area contributed by atoms with E-state index in [4.69, 9.17) is 0 Å². The summed E-state index contributed by atoms with van der Waals surface area (Å²) in [5, 5.41) is 3.83. The third-order valence-corrected chi connectivity index (χ3v) is 4.63. The molecule has 106 valence electrons. The summed E-state index contributed by atoms with van der Waals surface area (Å²) >= 11 is 0. The van der Waals surface area contributed by atoms with Gasteiger partial charge in [-0.3, -0.25) is 0 Å². The average molecular weight is 259 g/mol. The molecule has 1 N–H and O–H groups in total. The van der Waals surface area contributed by atoms with Gasteiger partial charge in [-0.05, 0) is 49.7 Å². The smallest absolute Gasteiger partial charge is 0.0294 e. The van der Waals surface area contributed by atoms with Gasteiger partial charge in [-0.25, -0.2) is 0 Å². The van der Waals surface area contributed by atoms with Crippen LogP contribution in [-0.2, 0) is 6.42 Å². The van der Waals surface area contributed by atoms with E-state index in [9.17, 15) is 0 Å². The second-order valence-corrected chi connectivity index (χ2v) is 6.29. The number of benzene rings is 1. The van der Waals surface area contributed by atoms with Crippen molar-refractivity contribution in [2.45, 2.75) is 71.4 Å². The first-order chi connectivity index (χ1) is 9.19. The third kappa shape index (κ3) is 4.35. The van der Waals surface area contributed by atoms with Crippen LogP contribution in [-0.4, -0.2) is 6.04 Å². The largest absolute Gasteiger partial charge is 0.307 e. The molecular formula is C18H29N. The second-order valence-electron chi connectivity index (χ2n) is 6.29. The molecule has 1 aromatic carbocycles. The second kappa shape index (κ2) is 7.09. The zero-order chi connectivity index (χ0) is 13.7. The highest BCUT2D eigenvalue weighted by Crippen LogP contribution is 2.24. The Morgan fingerprint density at radius 1 is 1.11 bits per heavy atom. The molecule has 3 unspecified atom stereocenters. The molecule has 0 radical (unpaired) electrons. The number of hydrogen-bond acceptors (Lipinski definition) is 1. The lowest BCUT2D eigenvalue weighted by Crippen LogP contribution is -2.31. The molecule has 0 spiro atoms. The lowest BCUT2D eigenvalue weighted by molar-refractivity contribution is 0.408. The molecule has 0 heterocycles. The Morgan fingerprint density at radius 2 is 1.84 bits per heavy atom. The fourth-order valence-electron chi connectivity index (χ4n) is 3.15. The Morgan fingerprint density at radius 3 is 2.53 bits per heavy atom. The average Bonchev–Trinajstić information content (AvgIpc) is 2.64. The monoisotopic (exact) mass is 259 g/mol. The van der Waals surface area contributed by atoms with E-state index in [2.05, 4.69) is 50.4 Å². The van der Waals surface area contributed by atoms with Gasteiger partial charge in [0.05, 0.1) is 0 Å². The lowest BCUT2D eigenvalue weighted by Gasteiger charge is -2.22. The van der Waals surface area contributed by atoms with E-state index in [0.29, 0.717) is 12.1 Å². The summed E-state index contributed by atoms with van der Waals surface area (Å²) in [4.78, 5) is 0. The van der Waals surface area contributed by atoms with Gasteiger partial charge in [0.2, 0.25) is 0 Å². The van der Waals surface area contributed by atoms with Crippen molar-refractivity contribution in [3.05, 3.63) is 35.4 Å². The Balaban J connectivity index is 1.90. The summed E-state index contributed by atoms with van der Waals surface area (Å²) in [6, 6.07) is 10.3. The standard InChI is InChI=1S/C18H29N/c1-4-16-9-11-17(12-10-16)15(3)19-18-7-5-6-14(2)8-13-18/h9-12,14-15,18-19H,4-8,13H2,1-3H3. The molecule has 1 heteroatoms. The van der Waals surface area contributed by atoms with E-state index in [1.807, 2.05) is 0 Å². The van der Waals surface area contributed by atoms with Crippen molar-refractivity contribution in [1.29, 1.82) is 0 Å². The molecule has 0 bridgehead atoms. The number of nitrogens with one attached hydrogen (secondary N) is 1. The zero-order valence-electron chi connectivity index (χ0n) is 12.8. The SMILES string of the molecule is CCc1ccc(C(C)NC2CCCC(C)CC2)cc1. The van der Waals surface area contributed by atoms with Gasteiger partial charge in [-0.2, -0.15) is 0 Å². The first-order valence-corrected chi connectivity index (χ1v) is 8.04. The quantitative estimate of drug-likeness (QED) is 0.761. The van der Waals surface area contributed by atoms with E-state index in [1.54, 1.807) is 0 Å². The van der Waals surface area contributed by atoms with Crippen LogP contribution in [0.2, 0.25) is 0 Å². The minimum absolute atomic E-state index is 0.476. The zero-order valence-corrected chi connectivity index (χ0v) is 12.8. The molecule has 0 amide bonds.